The quantitative estimate of drug-likeness (QED) is 0.551. The van der Waals surface area contributed by atoms with Crippen LogP contribution >= 0.6 is 0 Å². The smallest absolute Gasteiger partial charge is 0.336 e. The molecule has 9 heteroatoms. The molecule has 0 aliphatic carbocycles. The average molecular weight is 451 g/mol. The van der Waals surface area contributed by atoms with Gasteiger partial charge in [-0.3, -0.25) is 14.9 Å². The van der Waals surface area contributed by atoms with E-state index in [9.17, 15) is 14.4 Å². The molecular formula is C24H25N3O6. The molecule has 2 fully saturated rings. The van der Waals surface area contributed by atoms with E-state index in [2.05, 4.69) is 10.2 Å². The van der Waals surface area contributed by atoms with Gasteiger partial charge in [0.25, 0.3) is 11.8 Å². The lowest BCUT2D eigenvalue weighted by Crippen LogP contribution is -2.54. The molecule has 0 unspecified atom stereocenters. The molecule has 0 spiro atoms. The Balaban J connectivity index is 1.67. The number of methoxy groups -OCH3 is 2. The van der Waals surface area contributed by atoms with Gasteiger partial charge in [-0.1, -0.05) is 6.07 Å². The van der Waals surface area contributed by atoms with E-state index >= 15 is 0 Å². The first-order chi connectivity index (χ1) is 15.9. The second-order valence-electron chi connectivity index (χ2n) is 7.64. The summed E-state index contributed by atoms with van der Waals surface area (Å²) in [6.45, 7) is 4.89. The molecule has 2 aromatic rings. The molecule has 2 saturated heterocycles. The molecule has 0 bridgehead atoms. The first-order valence-corrected chi connectivity index (χ1v) is 10.5. The molecule has 0 saturated carbocycles. The highest BCUT2D eigenvalue weighted by atomic mass is 16.5. The molecular weight excluding hydrogens is 426 g/mol. The first kappa shape index (κ1) is 22.3. The van der Waals surface area contributed by atoms with Crippen molar-refractivity contribution in [1.29, 1.82) is 0 Å². The van der Waals surface area contributed by atoms with Crippen LogP contribution < -0.4 is 24.6 Å². The molecule has 2 heterocycles. The summed E-state index contributed by atoms with van der Waals surface area (Å²) >= 11 is 0. The molecule has 4 rings (SSSR count). The van der Waals surface area contributed by atoms with Gasteiger partial charge in [-0.25, -0.2) is 9.69 Å². The zero-order chi connectivity index (χ0) is 23.5. The number of barbiturate groups is 1. The van der Waals surface area contributed by atoms with Crippen LogP contribution in [-0.2, 0) is 14.3 Å². The number of nitrogens with one attached hydrogen (secondary N) is 1. The molecule has 2 aromatic carbocycles. The maximum absolute atomic E-state index is 13.3. The van der Waals surface area contributed by atoms with Crippen LogP contribution in [0.25, 0.3) is 6.08 Å². The van der Waals surface area contributed by atoms with Gasteiger partial charge in [0.05, 0.1) is 33.1 Å². The summed E-state index contributed by atoms with van der Waals surface area (Å²) in [5.74, 6) is -0.713. The Morgan fingerprint density at radius 1 is 1.00 bits per heavy atom. The number of hydrogen-bond acceptors (Lipinski definition) is 7. The Bertz CT molecular complexity index is 1140. The Morgan fingerprint density at radius 3 is 2.42 bits per heavy atom. The van der Waals surface area contributed by atoms with Crippen molar-refractivity contribution < 1.29 is 28.6 Å². The van der Waals surface area contributed by atoms with Gasteiger partial charge in [-0.15, -0.1) is 0 Å². The van der Waals surface area contributed by atoms with Crippen LogP contribution in [0.2, 0.25) is 0 Å². The van der Waals surface area contributed by atoms with Gasteiger partial charge in [-0.2, -0.15) is 0 Å². The Labute approximate surface area is 191 Å². The summed E-state index contributed by atoms with van der Waals surface area (Å²) < 4.78 is 15.9. The van der Waals surface area contributed by atoms with Crippen LogP contribution in [0.5, 0.6) is 11.5 Å². The standard InChI is InChI=1S/C24H25N3O6/c1-15-12-17(26-8-10-33-11-9-26)5-4-16(15)13-19-22(28)25-24(30)27(23(19)29)20-7-6-18(31-2)14-21(20)32-3/h4-7,12-14H,8-11H2,1-3H3,(H,25,28,30)/b19-13+. The van der Waals surface area contributed by atoms with Crippen LogP contribution in [-0.4, -0.2) is 58.4 Å². The minimum Gasteiger partial charge on any atom is -0.497 e. The first-order valence-electron chi connectivity index (χ1n) is 10.5. The lowest BCUT2D eigenvalue weighted by molar-refractivity contribution is -0.122. The largest absolute Gasteiger partial charge is 0.497 e. The lowest BCUT2D eigenvalue weighted by Gasteiger charge is -2.29. The van der Waals surface area contributed by atoms with Gasteiger partial charge in [0.1, 0.15) is 17.1 Å². The number of imide groups is 2. The van der Waals surface area contributed by atoms with Gasteiger partial charge < -0.3 is 19.1 Å². The second kappa shape index (κ2) is 9.33. The normalized spacial score (nSPS) is 17.9. The number of rotatable bonds is 5. The Kier molecular flexibility index (Phi) is 6.32. The van der Waals surface area contributed by atoms with E-state index in [1.165, 1.54) is 26.4 Å². The summed E-state index contributed by atoms with van der Waals surface area (Å²) in [5, 5.41) is 2.24. The van der Waals surface area contributed by atoms with Crippen LogP contribution in [0.3, 0.4) is 0 Å². The minimum atomic E-state index is -0.843. The van der Waals surface area contributed by atoms with E-state index in [-0.39, 0.29) is 17.0 Å². The third-order valence-electron chi connectivity index (χ3n) is 5.66. The number of urea groups is 1. The van der Waals surface area contributed by atoms with Crippen molar-refractivity contribution in [2.45, 2.75) is 6.92 Å². The van der Waals surface area contributed by atoms with E-state index in [1.54, 1.807) is 12.1 Å². The Morgan fingerprint density at radius 2 is 1.76 bits per heavy atom. The van der Waals surface area contributed by atoms with E-state index < -0.39 is 17.8 Å². The molecule has 172 valence electrons. The maximum atomic E-state index is 13.3. The number of amides is 4. The number of nitrogens with zero attached hydrogens (tertiary/aromatic N) is 2. The third kappa shape index (κ3) is 4.40. The SMILES string of the molecule is COc1ccc(N2C(=O)NC(=O)/C(=C\c3ccc(N4CCOCC4)cc3C)C2=O)c(OC)c1. The number of benzene rings is 2. The molecule has 1 N–H and O–H groups in total. The van der Waals surface area contributed by atoms with Crippen molar-refractivity contribution in [3.63, 3.8) is 0 Å². The topological polar surface area (TPSA) is 97.4 Å². The fourth-order valence-corrected chi connectivity index (χ4v) is 3.84. The van der Waals surface area contributed by atoms with E-state index in [0.717, 1.165) is 29.2 Å². The molecule has 0 aromatic heterocycles. The van der Waals surface area contributed by atoms with Gasteiger partial charge in [0, 0.05) is 24.8 Å². The number of ether oxygens (including phenoxy) is 3. The highest BCUT2D eigenvalue weighted by Gasteiger charge is 2.38. The van der Waals surface area contributed by atoms with Crippen LogP contribution in [0.15, 0.2) is 42.0 Å². The van der Waals surface area contributed by atoms with Crippen LogP contribution in [0.1, 0.15) is 11.1 Å². The fraction of sp³-hybridized carbons (Fsp3) is 0.292. The van der Waals surface area contributed by atoms with Gasteiger partial charge in [0.15, 0.2) is 0 Å². The van der Waals surface area contributed by atoms with E-state index in [0.29, 0.717) is 24.5 Å². The second-order valence-corrected chi connectivity index (χ2v) is 7.64. The highest BCUT2D eigenvalue weighted by molar-refractivity contribution is 6.39. The zero-order valence-corrected chi connectivity index (χ0v) is 18.7. The van der Waals surface area contributed by atoms with E-state index in [1.807, 2.05) is 25.1 Å². The van der Waals surface area contributed by atoms with Crippen molar-refractivity contribution in [3.05, 3.63) is 53.1 Å². The van der Waals surface area contributed by atoms with Crippen molar-refractivity contribution in [2.75, 3.05) is 50.3 Å². The molecule has 0 radical (unpaired) electrons. The predicted molar refractivity (Wildman–Crippen MR) is 123 cm³/mol. The number of aryl methyl sites for hydroxylation is 1. The summed E-state index contributed by atoms with van der Waals surface area (Å²) in [5.41, 5.74) is 2.73. The summed E-state index contributed by atoms with van der Waals surface area (Å²) in [6.07, 6.45) is 1.51. The molecule has 33 heavy (non-hydrogen) atoms. The van der Waals surface area contributed by atoms with Crippen molar-refractivity contribution in [2.24, 2.45) is 0 Å². The number of morpholine rings is 1. The van der Waals surface area contributed by atoms with Crippen molar-refractivity contribution in [3.8, 4) is 11.5 Å². The van der Waals surface area contributed by atoms with Gasteiger partial charge in [-0.05, 0) is 48.4 Å². The van der Waals surface area contributed by atoms with Crippen molar-refractivity contribution >= 4 is 35.3 Å². The maximum Gasteiger partial charge on any atom is 0.336 e. The fourth-order valence-electron chi connectivity index (χ4n) is 3.84. The van der Waals surface area contributed by atoms with Crippen molar-refractivity contribution in [1.82, 2.24) is 5.32 Å². The number of carbonyl (C=O) groups excluding carboxylic acids is 3. The average Bonchev–Trinajstić information content (AvgIpc) is 2.83. The molecule has 9 nitrogen and oxygen atoms in total. The predicted octanol–water partition coefficient (Wildman–Crippen LogP) is 2.52. The zero-order valence-electron chi connectivity index (χ0n) is 18.7. The van der Waals surface area contributed by atoms with E-state index in [4.69, 9.17) is 14.2 Å². The van der Waals surface area contributed by atoms with Gasteiger partial charge in [0.2, 0.25) is 0 Å². The number of hydrogen-bond donors (Lipinski definition) is 1. The summed E-state index contributed by atoms with van der Waals surface area (Å²) in [4.78, 5) is 41.5. The summed E-state index contributed by atoms with van der Waals surface area (Å²) in [7, 11) is 2.92. The number of anilines is 2. The highest BCUT2D eigenvalue weighted by Crippen LogP contribution is 2.34. The minimum absolute atomic E-state index is 0.144. The lowest BCUT2D eigenvalue weighted by atomic mass is 10.0. The third-order valence-corrected chi connectivity index (χ3v) is 5.66. The van der Waals surface area contributed by atoms with Crippen LogP contribution in [0.4, 0.5) is 16.2 Å². The Hall–Kier alpha value is -3.85. The molecule has 2 aliphatic rings. The molecule has 2 aliphatic heterocycles. The van der Waals surface area contributed by atoms with Crippen LogP contribution in [0, 0.1) is 6.92 Å². The molecule has 4 amide bonds. The summed E-state index contributed by atoms with van der Waals surface area (Å²) in [6, 6.07) is 9.68. The molecule has 0 atom stereocenters. The number of carbonyl (C=O) groups is 3. The van der Waals surface area contributed by atoms with Gasteiger partial charge >= 0.3 is 6.03 Å². The monoisotopic (exact) mass is 451 g/mol.